The number of halogens is 1. The monoisotopic (exact) mass is 469 g/mol. The van der Waals surface area contributed by atoms with Crippen LogP contribution in [0.1, 0.15) is 23.7 Å². The molecule has 1 aromatic heterocycles. The topological polar surface area (TPSA) is 95.4 Å². The third-order valence-corrected chi connectivity index (χ3v) is 4.89. The molecule has 1 amide bonds. The minimum Gasteiger partial charge on any atom is -0.494 e. The number of H-pyrrole nitrogens is 1. The number of hydrogen-bond donors (Lipinski definition) is 1. The van der Waals surface area contributed by atoms with E-state index >= 15 is 0 Å². The van der Waals surface area contributed by atoms with Gasteiger partial charge in [0.1, 0.15) is 5.75 Å². The number of carbonyl (C=O) groups is 2. The number of hydrogen-bond acceptors (Lipinski definition) is 5. The molecule has 2 aromatic carbocycles. The van der Waals surface area contributed by atoms with E-state index in [1.165, 1.54) is 4.90 Å². The molecule has 0 fully saturated rings. The van der Waals surface area contributed by atoms with Crippen LogP contribution in [0.5, 0.6) is 5.75 Å². The summed E-state index contributed by atoms with van der Waals surface area (Å²) in [7, 11) is 0. The molecule has 30 heavy (non-hydrogen) atoms. The third kappa shape index (κ3) is 4.99. The van der Waals surface area contributed by atoms with Crippen molar-refractivity contribution in [1.29, 1.82) is 5.26 Å². The first-order valence-corrected chi connectivity index (χ1v) is 10.2. The van der Waals surface area contributed by atoms with Gasteiger partial charge in [-0.05, 0) is 49.4 Å². The maximum absolute atomic E-state index is 12.7. The van der Waals surface area contributed by atoms with E-state index in [1.807, 2.05) is 31.2 Å². The molecule has 8 heteroatoms. The summed E-state index contributed by atoms with van der Waals surface area (Å²) in [6.45, 7) is 2.19. The number of nitrogens with zero attached hydrogens (tertiary/aromatic N) is 2. The van der Waals surface area contributed by atoms with Gasteiger partial charge in [0, 0.05) is 33.8 Å². The average molecular weight is 470 g/mol. The summed E-state index contributed by atoms with van der Waals surface area (Å²) in [6.07, 6.45) is 1.72. The van der Waals surface area contributed by atoms with Crippen LogP contribution in [-0.4, -0.2) is 36.6 Å². The molecule has 0 unspecified atom stereocenters. The van der Waals surface area contributed by atoms with E-state index in [2.05, 4.69) is 20.9 Å². The average Bonchev–Trinajstić information content (AvgIpc) is 3.16. The van der Waals surface area contributed by atoms with E-state index < -0.39 is 18.5 Å². The summed E-state index contributed by atoms with van der Waals surface area (Å²) in [5.41, 5.74) is 1.75. The molecule has 3 aromatic rings. The Morgan fingerprint density at radius 3 is 2.67 bits per heavy atom. The molecule has 0 radical (unpaired) electrons. The fourth-order valence-electron chi connectivity index (χ4n) is 2.99. The van der Waals surface area contributed by atoms with Crippen molar-refractivity contribution in [2.45, 2.75) is 13.3 Å². The van der Waals surface area contributed by atoms with E-state index in [0.29, 0.717) is 29.0 Å². The van der Waals surface area contributed by atoms with Crippen LogP contribution in [0.2, 0.25) is 0 Å². The van der Waals surface area contributed by atoms with Crippen LogP contribution in [0.3, 0.4) is 0 Å². The van der Waals surface area contributed by atoms with Gasteiger partial charge in [-0.1, -0.05) is 15.9 Å². The van der Waals surface area contributed by atoms with E-state index in [1.54, 1.807) is 30.5 Å². The van der Waals surface area contributed by atoms with Crippen LogP contribution in [0.15, 0.2) is 53.1 Å². The predicted octanol–water partition coefficient (Wildman–Crippen LogP) is 4.43. The number of anilines is 1. The fraction of sp³-hybridized carbons (Fsp3) is 0.227. The number of esters is 1. The molecule has 7 nitrogen and oxygen atoms in total. The van der Waals surface area contributed by atoms with Crippen molar-refractivity contribution in [3.63, 3.8) is 0 Å². The Morgan fingerprint density at radius 2 is 1.97 bits per heavy atom. The lowest BCUT2D eigenvalue weighted by atomic mass is 10.2. The zero-order valence-electron chi connectivity index (χ0n) is 16.4. The maximum Gasteiger partial charge on any atom is 0.340 e. The zero-order chi connectivity index (χ0) is 21.5. The summed E-state index contributed by atoms with van der Waals surface area (Å²) in [5, 5.41) is 9.63. The highest BCUT2D eigenvalue weighted by molar-refractivity contribution is 9.10. The number of aromatic amines is 1. The molecule has 0 saturated carbocycles. The molecular formula is C22H20BrN3O4. The first kappa shape index (κ1) is 21.4. The zero-order valence-corrected chi connectivity index (χ0v) is 17.9. The Morgan fingerprint density at radius 1 is 1.20 bits per heavy atom. The second-order valence-electron chi connectivity index (χ2n) is 6.35. The van der Waals surface area contributed by atoms with Crippen LogP contribution < -0.4 is 9.64 Å². The molecule has 1 N–H and O–H groups in total. The number of aromatic nitrogens is 1. The lowest BCUT2D eigenvalue weighted by Crippen LogP contribution is -2.35. The second-order valence-corrected chi connectivity index (χ2v) is 7.26. The van der Waals surface area contributed by atoms with Crippen molar-refractivity contribution in [1.82, 2.24) is 4.98 Å². The normalized spacial score (nSPS) is 10.4. The van der Waals surface area contributed by atoms with Crippen molar-refractivity contribution in [2.75, 3.05) is 24.7 Å². The van der Waals surface area contributed by atoms with E-state index in [9.17, 15) is 9.59 Å². The second kappa shape index (κ2) is 9.94. The largest absolute Gasteiger partial charge is 0.494 e. The summed E-state index contributed by atoms with van der Waals surface area (Å²) in [5.74, 6) is -0.325. The summed E-state index contributed by atoms with van der Waals surface area (Å²) >= 11 is 3.38. The fourth-order valence-corrected chi connectivity index (χ4v) is 3.35. The molecule has 0 aliphatic carbocycles. The third-order valence-electron chi connectivity index (χ3n) is 4.40. The van der Waals surface area contributed by atoms with E-state index in [-0.39, 0.29) is 13.0 Å². The van der Waals surface area contributed by atoms with Crippen molar-refractivity contribution in [2.24, 2.45) is 0 Å². The maximum atomic E-state index is 12.7. The summed E-state index contributed by atoms with van der Waals surface area (Å²) < 4.78 is 11.5. The van der Waals surface area contributed by atoms with Crippen LogP contribution >= 0.6 is 15.9 Å². The molecular weight excluding hydrogens is 450 g/mol. The van der Waals surface area contributed by atoms with Gasteiger partial charge < -0.3 is 19.4 Å². The van der Waals surface area contributed by atoms with Crippen LogP contribution in [0.4, 0.5) is 5.69 Å². The highest BCUT2D eigenvalue weighted by atomic mass is 79.9. The first-order valence-electron chi connectivity index (χ1n) is 9.37. The molecule has 0 bridgehead atoms. The van der Waals surface area contributed by atoms with E-state index in [0.717, 1.165) is 9.99 Å². The van der Waals surface area contributed by atoms with Crippen molar-refractivity contribution in [3.05, 3.63) is 58.7 Å². The minimum atomic E-state index is -0.598. The van der Waals surface area contributed by atoms with Crippen LogP contribution in [0, 0.1) is 11.3 Å². The molecule has 0 saturated heterocycles. The Hall–Kier alpha value is -3.31. The molecule has 0 aliphatic heterocycles. The number of nitriles is 1. The van der Waals surface area contributed by atoms with Gasteiger partial charge >= 0.3 is 5.97 Å². The van der Waals surface area contributed by atoms with Gasteiger partial charge in [-0.3, -0.25) is 4.79 Å². The molecule has 1 heterocycles. The van der Waals surface area contributed by atoms with E-state index in [4.69, 9.17) is 14.7 Å². The molecule has 154 valence electrons. The molecule has 0 atom stereocenters. The Balaban J connectivity index is 1.71. The number of benzene rings is 2. The Labute approximate surface area is 182 Å². The van der Waals surface area contributed by atoms with Crippen molar-refractivity contribution >= 4 is 44.4 Å². The molecule has 3 rings (SSSR count). The minimum absolute atomic E-state index is 0.156. The smallest absolute Gasteiger partial charge is 0.340 e. The highest BCUT2D eigenvalue weighted by Crippen LogP contribution is 2.24. The van der Waals surface area contributed by atoms with Gasteiger partial charge in [0.15, 0.2) is 6.61 Å². The van der Waals surface area contributed by atoms with Gasteiger partial charge in [0.25, 0.3) is 5.91 Å². The predicted molar refractivity (Wildman–Crippen MR) is 116 cm³/mol. The Bertz CT molecular complexity index is 1090. The number of rotatable bonds is 8. The summed E-state index contributed by atoms with van der Waals surface area (Å²) in [4.78, 5) is 29.7. The number of nitrogens with one attached hydrogen (secondary N) is 1. The standard InChI is InChI=1S/C22H20BrN3O4/c1-2-29-17-7-5-16(6-8-17)26(11-3-10-24)21(27)14-30-22(28)19-13-25-20-9-4-15(23)12-18(19)20/h4-9,12-13,25H,2-3,11,14H2,1H3. The van der Waals surface area contributed by atoms with Gasteiger partial charge in [0.05, 0.1) is 24.7 Å². The van der Waals surface area contributed by atoms with Gasteiger partial charge in [-0.25, -0.2) is 4.79 Å². The highest BCUT2D eigenvalue weighted by Gasteiger charge is 2.20. The quantitative estimate of drug-likeness (QED) is 0.492. The lowest BCUT2D eigenvalue weighted by Gasteiger charge is -2.22. The first-order chi connectivity index (χ1) is 14.5. The molecule has 0 spiro atoms. The van der Waals surface area contributed by atoms with Crippen molar-refractivity contribution in [3.8, 4) is 11.8 Å². The SMILES string of the molecule is CCOc1ccc(N(CCC#N)C(=O)COC(=O)c2c[nH]c3ccc(Br)cc23)cc1. The van der Waals surface area contributed by atoms with Crippen LogP contribution in [-0.2, 0) is 9.53 Å². The number of fused-ring (bicyclic) bond motifs is 1. The van der Waals surface area contributed by atoms with Gasteiger partial charge in [0.2, 0.25) is 0 Å². The number of amides is 1. The Kier molecular flexibility index (Phi) is 7.09. The van der Waals surface area contributed by atoms with Crippen molar-refractivity contribution < 1.29 is 19.1 Å². The van der Waals surface area contributed by atoms with Crippen LogP contribution in [0.25, 0.3) is 10.9 Å². The lowest BCUT2D eigenvalue weighted by molar-refractivity contribution is -0.121. The summed E-state index contributed by atoms with van der Waals surface area (Å²) in [6, 6.07) is 14.5. The van der Waals surface area contributed by atoms with Gasteiger partial charge in [-0.15, -0.1) is 0 Å². The van der Waals surface area contributed by atoms with Gasteiger partial charge in [-0.2, -0.15) is 5.26 Å². The number of carbonyl (C=O) groups excluding carboxylic acids is 2. The molecule has 0 aliphatic rings. The number of ether oxygens (including phenoxy) is 2.